The normalized spacial score (nSPS) is 11.7. The van der Waals surface area contributed by atoms with Crippen molar-refractivity contribution < 1.29 is 18.3 Å². The lowest BCUT2D eigenvalue weighted by molar-refractivity contribution is -0.121. The number of hydrogen-bond acceptors (Lipinski definition) is 4. The van der Waals surface area contributed by atoms with E-state index < -0.39 is 11.6 Å². The van der Waals surface area contributed by atoms with Crippen molar-refractivity contribution in [2.45, 2.75) is 24.3 Å². The van der Waals surface area contributed by atoms with Crippen molar-refractivity contribution in [3.63, 3.8) is 0 Å². The van der Waals surface area contributed by atoms with Crippen molar-refractivity contribution in [1.29, 1.82) is 0 Å². The highest BCUT2D eigenvalue weighted by Gasteiger charge is 2.07. The first-order chi connectivity index (χ1) is 10.9. The van der Waals surface area contributed by atoms with Gasteiger partial charge in [-0.15, -0.1) is 11.8 Å². The molecule has 1 rings (SSSR count). The molecule has 1 amide bonds. The van der Waals surface area contributed by atoms with Crippen LogP contribution in [0.25, 0.3) is 0 Å². The van der Waals surface area contributed by atoms with Gasteiger partial charge in [0.25, 0.3) is 0 Å². The Bertz CT molecular complexity index is 547. The molecule has 0 spiro atoms. The number of halogens is 2. The second-order valence-electron chi connectivity index (χ2n) is 4.68. The van der Waals surface area contributed by atoms with Crippen LogP contribution in [0.5, 0.6) is 0 Å². The lowest BCUT2D eigenvalue weighted by atomic mass is 10.3. The number of rotatable bonds is 7. The summed E-state index contributed by atoms with van der Waals surface area (Å²) in [6.07, 6.45) is 0.201. The van der Waals surface area contributed by atoms with Gasteiger partial charge in [0.1, 0.15) is 0 Å². The molecule has 0 aliphatic carbocycles. The smallest absolute Gasteiger partial charge is 0.239 e. The molecule has 128 valence electrons. The largest absolute Gasteiger partial charge is 0.383 e. The summed E-state index contributed by atoms with van der Waals surface area (Å²) < 4.78 is 30.8. The molecule has 0 saturated carbocycles. The van der Waals surface area contributed by atoms with E-state index in [1.165, 1.54) is 17.8 Å². The minimum Gasteiger partial charge on any atom is -0.383 e. The maximum absolute atomic E-state index is 13.0. The first-order valence-electron chi connectivity index (χ1n) is 6.84. The van der Waals surface area contributed by atoms with Gasteiger partial charge in [-0.05, 0) is 37.3 Å². The van der Waals surface area contributed by atoms with E-state index in [1.54, 1.807) is 7.11 Å². The fourth-order valence-electron chi connectivity index (χ4n) is 1.57. The number of benzene rings is 1. The Morgan fingerprint density at radius 2 is 2.09 bits per heavy atom. The molecule has 0 aromatic heterocycles. The number of carbonyl (C=O) groups is 1. The maximum atomic E-state index is 13.0. The van der Waals surface area contributed by atoms with Crippen molar-refractivity contribution in [3.05, 3.63) is 29.8 Å². The summed E-state index contributed by atoms with van der Waals surface area (Å²) in [5.74, 6) is -1.62. The van der Waals surface area contributed by atoms with Gasteiger partial charge in [-0.1, -0.05) is 0 Å². The Balaban J connectivity index is 2.21. The summed E-state index contributed by atoms with van der Waals surface area (Å²) >= 11 is 6.27. The van der Waals surface area contributed by atoms with Crippen molar-refractivity contribution in [1.82, 2.24) is 16.2 Å². The van der Waals surface area contributed by atoms with Crippen LogP contribution in [0.3, 0.4) is 0 Å². The quantitative estimate of drug-likeness (QED) is 0.391. The molecular formula is C14H19F2N3O2S2. The zero-order valence-electron chi connectivity index (χ0n) is 12.8. The highest BCUT2D eigenvalue weighted by atomic mass is 32.2. The zero-order chi connectivity index (χ0) is 17.2. The summed E-state index contributed by atoms with van der Waals surface area (Å²) in [5, 5.41) is 3.22. The number of nitrogens with one attached hydrogen (secondary N) is 3. The van der Waals surface area contributed by atoms with Gasteiger partial charge in [-0.25, -0.2) is 8.78 Å². The van der Waals surface area contributed by atoms with E-state index in [0.29, 0.717) is 17.3 Å². The highest BCUT2D eigenvalue weighted by molar-refractivity contribution is 7.99. The Morgan fingerprint density at radius 3 is 2.74 bits per heavy atom. The van der Waals surface area contributed by atoms with Crippen LogP contribution >= 0.6 is 24.0 Å². The second kappa shape index (κ2) is 10.3. The minimum absolute atomic E-state index is 0.0147. The van der Waals surface area contributed by atoms with Crippen LogP contribution in [-0.2, 0) is 9.53 Å². The number of methoxy groups -OCH3 is 1. The highest BCUT2D eigenvalue weighted by Crippen LogP contribution is 2.20. The molecule has 0 fully saturated rings. The first-order valence-corrected chi connectivity index (χ1v) is 8.24. The van der Waals surface area contributed by atoms with Gasteiger partial charge in [0, 0.05) is 30.2 Å². The van der Waals surface area contributed by atoms with Crippen LogP contribution < -0.4 is 16.2 Å². The lowest BCUT2D eigenvalue weighted by Crippen LogP contribution is -2.50. The molecule has 23 heavy (non-hydrogen) atoms. The Morgan fingerprint density at radius 1 is 1.35 bits per heavy atom. The van der Waals surface area contributed by atoms with Gasteiger partial charge in [0.2, 0.25) is 5.91 Å². The van der Waals surface area contributed by atoms with E-state index in [2.05, 4.69) is 16.2 Å². The van der Waals surface area contributed by atoms with Crippen LogP contribution in [0.1, 0.15) is 13.3 Å². The van der Waals surface area contributed by atoms with Gasteiger partial charge < -0.3 is 10.1 Å². The molecule has 9 heteroatoms. The van der Waals surface area contributed by atoms with Gasteiger partial charge in [0.05, 0.1) is 6.61 Å². The van der Waals surface area contributed by atoms with Crippen LogP contribution in [-0.4, -0.2) is 36.5 Å². The van der Waals surface area contributed by atoms with Crippen molar-refractivity contribution in [2.24, 2.45) is 0 Å². The van der Waals surface area contributed by atoms with Crippen LogP contribution in [0.4, 0.5) is 8.78 Å². The summed E-state index contributed by atoms with van der Waals surface area (Å²) in [6.45, 7) is 2.37. The third-order valence-corrected chi connectivity index (χ3v) is 3.81. The number of amides is 1. The number of carbonyl (C=O) groups excluding carboxylic acids is 1. The van der Waals surface area contributed by atoms with Crippen molar-refractivity contribution in [2.75, 3.05) is 19.5 Å². The average Bonchev–Trinajstić information content (AvgIpc) is 2.49. The molecule has 0 aliphatic heterocycles. The third-order valence-electron chi connectivity index (χ3n) is 2.60. The topological polar surface area (TPSA) is 62.4 Å². The van der Waals surface area contributed by atoms with Crippen LogP contribution in [0, 0.1) is 11.6 Å². The predicted molar refractivity (Wildman–Crippen MR) is 90.0 cm³/mol. The minimum atomic E-state index is -0.900. The predicted octanol–water partition coefficient (Wildman–Crippen LogP) is 1.98. The average molecular weight is 363 g/mol. The summed E-state index contributed by atoms with van der Waals surface area (Å²) in [7, 11) is 1.58. The summed E-state index contributed by atoms with van der Waals surface area (Å²) in [6, 6.07) is 3.65. The fraction of sp³-hybridized carbons (Fsp3) is 0.429. The first kappa shape index (κ1) is 19.6. The molecule has 0 saturated heterocycles. The number of hydrogen-bond donors (Lipinski definition) is 3. The Kier molecular flexibility index (Phi) is 8.82. The standard InChI is InChI=1S/C14H19F2N3O2S2/c1-9(8-21-2)17-14(22)19-18-13(20)5-6-23-10-3-4-11(15)12(16)7-10/h3-4,7,9H,5-6,8H2,1-2H3,(H,18,20)(H2,17,19,22)/t9-/m1/s1. The number of thiocarbonyl (C=S) groups is 1. The van der Waals surface area contributed by atoms with Gasteiger partial charge in [-0.2, -0.15) is 0 Å². The third kappa shape index (κ3) is 8.10. The van der Waals surface area contributed by atoms with Crippen molar-refractivity contribution in [3.8, 4) is 0 Å². The Hall–Kier alpha value is -1.45. The van der Waals surface area contributed by atoms with Crippen molar-refractivity contribution >= 4 is 35.0 Å². The molecule has 0 unspecified atom stereocenters. The zero-order valence-corrected chi connectivity index (χ0v) is 14.5. The molecule has 1 aromatic carbocycles. The lowest BCUT2D eigenvalue weighted by Gasteiger charge is -2.16. The molecule has 0 radical (unpaired) electrons. The van der Waals surface area contributed by atoms with E-state index in [1.807, 2.05) is 6.92 Å². The maximum Gasteiger partial charge on any atom is 0.239 e. The Labute approximate surface area is 143 Å². The van der Waals surface area contributed by atoms with Crippen LogP contribution in [0.2, 0.25) is 0 Å². The second-order valence-corrected chi connectivity index (χ2v) is 6.25. The molecular weight excluding hydrogens is 344 g/mol. The molecule has 1 atom stereocenters. The molecule has 0 heterocycles. The van der Waals surface area contributed by atoms with Crippen LogP contribution in [0.15, 0.2) is 23.1 Å². The van der Waals surface area contributed by atoms with Gasteiger partial charge in [0.15, 0.2) is 16.7 Å². The van der Waals surface area contributed by atoms with E-state index >= 15 is 0 Å². The molecule has 0 bridgehead atoms. The van der Waals surface area contributed by atoms with E-state index in [4.69, 9.17) is 17.0 Å². The fourth-order valence-corrected chi connectivity index (χ4v) is 2.70. The molecule has 1 aromatic rings. The summed E-state index contributed by atoms with van der Waals surface area (Å²) in [5.41, 5.74) is 5.04. The van der Waals surface area contributed by atoms with Gasteiger partial charge >= 0.3 is 0 Å². The number of ether oxygens (including phenoxy) is 1. The number of hydrazine groups is 1. The van der Waals surface area contributed by atoms with E-state index in [-0.39, 0.29) is 23.5 Å². The summed E-state index contributed by atoms with van der Waals surface area (Å²) in [4.78, 5) is 12.2. The molecule has 0 aliphatic rings. The van der Waals surface area contributed by atoms with E-state index in [9.17, 15) is 13.6 Å². The molecule has 5 nitrogen and oxygen atoms in total. The molecule has 3 N–H and O–H groups in total. The number of thioether (sulfide) groups is 1. The van der Waals surface area contributed by atoms with Gasteiger partial charge in [-0.3, -0.25) is 15.6 Å². The van der Waals surface area contributed by atoms with E-state index in [0.717, 1.165) is 12.1 Å². The monoisotopic (exact) mass is 363 g/mol. The SMILES string of the molecule is COC[C@@H](C)NC(=S)NNC(=O)CCSc1ccc(F)c(F)c1.